The summed E-state index contributed by atoms with van der Waals surface area (Å²) in [5, 5.41) is 0.644. The normalized spacial score (nSPS) is 12.0. The van der Waals surface area contributed by atoms with Gasteiger partial charge in [0, 0.05) is 46.5 Å². The fourth-order valence-corrected chi connectivity index (χ4v) is 3.27. The Morgan fingerprint density at radius 2 is 1.81 bits per heavy atom. The molecule has 6 nitrogen and oxygen atoms in total. The fraction of sp³-hybridized carbons (Fsp3) is 0.0500. The Balaban J connectivity index is 1.95. The number of nitrogens with one attached hydrogen (secondary N) is 1. The average molecular weight is 378 g/mol. The Kier molecular flexibility index (Phi) is 4.48. The molecule has 134 valence electrons. The average Bonchev–Trinajstić information content (AvgIpc) is 3.34. The van der Waals surface area contributed by atoms with Crippen molar-refractivity contribution < 1.29 is 4.79 Å². The van der Waals surface area contributed by atoms with Crippen molar-refractivity contribution in [2.75, 3.05) is 0 Å². The van der Waals surface area contributed by atoms with Crippen molar-refractivity contribution >= 4 is 17.5 Å². The van der Waals surface area contributed by atoms with Crippen LogP contribution in [0.2, 0.25) is 5.02 Å². The molecule has 1 amide bonds. The number of nitrogens with two attached hydrogens (primary N) is 1. The standard InChI is InChI=1S/C20H16ClN5O/c21-16-3-1-13(2-4-16)17-18(14-5-8-23-9-6-14)26(12-25-17)19(20(22)27)15-7-10-24-11-15/h1-12,19,24H,(H2,22,27). The van der Waals surface area contributed by atoms with Crippen LogP contribution in [0.5, 0.6) is 0 Å². The molecule has 0 saturated heterocycles. The summed E-state index contributed by atoms with van der Waals surface area (Å²) in [7, 11) is 0. The van der Waals surface area contributed by atoms with E-state index in [1.54, 1.807) is 35.7 Å². The van der Waals surface area contributed by atoms with Gasteiger partial charge in [-0.3, -0.25) is 9.78 Å². The Morgan fingerprint density at radius 1 is 1.07 bits per heavy atom. The van der Waals surface area contributed by atoms with Crippen molar-refractivity contribution in [3.8, 4) is 22.5 Å². The number of benzene rings is 1. The number of nitrogens with zero attached hydrogens (tertiary/aromatic N) is 3. The molecule has 3 aromatic heterocycles. The van der Waals surface area contributed by atoms with Gasteiger partial charge in [-0.15, -0.1) is 0 Å². The lowest BCUT2D eigenvalue weighted by Crippen LogP contribution is -2.27. The predicted octanol–water partition coefficient (Wildman–Crippen LogP) is 3.67. The number of rotatable bonds is 5. The highest BCUT2D eigenvalue weighted by Crippen LogP contribution is 2.35. The molecule has 3 N–H and O–H groups in total. The maximum atomic E-state index is 12.3. The molecule has 1 atom stereocenters. The Labute approximate surface area is 160 Å². The van der Waals surface area contributed by atoms with E-state index in [2.05, 4.69) is 15.0 Å². The first kappa shape index (κ1) is 17.1. The molecule has 0 aliphatic carbocycles. The number of aromatic amines is 1. The molecule has 0 radical (unpaired) electrons. The molecule has 1 unspecified atom stereocenters. The molecule has 4 aromatic rings. The molecule has 0 aliphatic rings. The van der Waals surface area contributed by atoms with Crippen LogP contribution in [0, 0.1) is 0 Å². The summed E-state index contributed by atoms with van der Waals surface area (Å²) >= 11 is 6.02. The number of primary amides is 1. The van der Waals surface area contributed by atoms with Crippen LogP contribution in [0.25, 0.3) is 22.5 Å². The third-order valence-corrected chi connectivity index (χ3v) is 4.60. The first-order chi connectivity index (χ1) is 13.1. The summed E-state index contributed by atoms with van der Waals surface area (Å²) < 4.78 is 1.80. The summed E-state index contributed by atoms with van der Waals surface area (Å²) in [5.74, 6) is -0.468. The van der Waals surface area contributed by atoms with Gasteiger partial charge in [-0.1, -0.05) is 23.7 Å². The van der Waals surface area contributed by atoms with Gasteiger partial charge in [0.05, 0.1) is 17.7 Å². The summed E-state index contributed by atoms with van der Waals surface area (Å²) in [5.41, 5.74) is 9.80. The van der Waals surface area contributed by atoms with Gasteiger partial charge in [0.1, 0.15) is 6.04 Å². The first-order valence-electron chi connectivity index (χ1n) is 8.30. The molecule has 3 heterocycles. The molecular weight excluding hydrogens is 362 g/mol. The van der Waals surface area contributed by atoms with Gasteiger partial charge in [-0.25, -0.2) is 4.98 Å². The van der Waals surface area contributed by atoms with Crippen molar-refractivity contribution in [1.82, 2.24) is 19.5 Å². The van der Waals surface area contributed by atoms with Gasteiger partial charge in [-0.05, 0) is 30.3 Å². The SMILES string of the molecule is NC(=O)C(c1cc[nH]c1)n1cnc(-c2ccc(Cl)cc2)c1-c1ccncc1. The summed E-state index contributed by atoms with van der Waals surface area (Å²) in [6, 6.07) is 12.3. The number of H-pyrrole nitrogens is 1. The number of hydrogen-bond acceptors (Lipinski definition) is 3. The molecule has 0 bridgehead atoms. The lowest BCUT2D eigenvalue weighted by atomic mass is 10.0. The molecule has 4 rings (SSSR count). The summed E-state index contributed by atoms with van der Waals surface area (Å²) in [4.78, 5) is 23.9. The van der Waals surface area contributed by atoms with Crippen LogP contribution in [0.1, 0.15) is 11.6 Å². The van der Waals surface area contributed by atoms with E-state index in [9.17, 15) is 4.79 Å². The molecular formula is C20H16ClN5O. The number of halogens is 1. The van der Waals surface area contributed by atoms with E-state index in [0.717, 1.165) is 28.1 Å². The lowest BCUT2D eigenvalue weighted by Gasteiger charge is -2.18. The van der Waals surface area contributed by atoms with E-state index >= 15 is 0 Å². The van der Waals surface area contributed by atoms with Gasteiger partial charge in [0.15, 0.2) is 0 Å². The first-order valence-corrected chi connectivity index (χ1v) is 8.68. The number of pyridine rings is 1. The van der Waals surface area contributed by atoms with E-state index in [1.165, 1.54) is 0 Å². The quantitative estimate of drug-likeness (QED) is 0.556. The third-order valence-electron chi connectivity index (χ3n) is 4.35. The van der Waals surface area contributed by atoms with E-state index < -0.39 is 11.9 Å². The van der Waals surface area contributed by atoms with Gasteiger partial charge < -0.3 is 15.3 Å². The van der Waals surface area contributed by atoms with Crippen molar-refractivity contribution in [3.63, 3.8) is 0 Å². The van der Waals surface area contributed by atoms with Gasteiger partial charge in [0.2, 0.25) is 5.91 Å². The van der Waals surface area contributed by atoms with Gasteiger partial charge in [0.25, 0.3) is 0 Å². The lowest BCUT2D eigenvalue weighted by molar-refractivity contribution is -0.120. The second-order valence-electron chi connectivity index (χ2n) is 6.04. The van der Waals surface area contributed by atoms with Gasteiger partial charge in [-0.2, -0.15) is 0 Å². The number of imidazole rings is 1. The second kappa shape index (κ2) is 7.09. The summed E-state index contributed by atoms with van der Waals surface area (Å²) in [6.45, 7) is 0. The van der Waals surface area contributed by atoms with Crippen molar-refractivity contribution in [2.45, 2.75) is 6.04 Å². The molecule has 0 spiro atoms. The van der Waals surface area contributed by atoms with Crippen molar-refractivity contribution in [2.24, 2.45) is 5.73 Å². The second-order valence-corrected chi connectivity index (χ2v) is 6.48. The largest absolute Gasteiger partial charge is 0.368 e. The number of carbonyl (C=O) groups excluding carboxylic acids is 1. The van der Waals surface area contributed by atoms with Crippen molar-refractivity contribution in [1.29, 1.82) is 0 Å². The Hall–Kier alpha value is -3.38. The van der Waals surface area contributed by atoms with Crippen LogP contribution in [0.15, 0.2) is 73.6 Å². The summed E-state index contributed by atoms with van der Waals surface area (Å²) in [6.07, 6.45) is 8.56. The zero-order valence-electron chi connectivity index (χ0n) is 14.2. The van der Waals surface area contributed by atoms with Crippen LogP contribution >= 0.6 is 11.6 Å². The monoisotopic (exact) mass is 377 g/mol. The molecule has 27 heavy (non-hydrogen) atoms. The Morgan fingerprint density at radius 3 is 2.44 bits per heavy atom. The van der Waals surface area contributed by atoms with Gasteiger partial charge >= 0.3 is 0 Å². The number of aromatic nitrogens is 4. The topological polar surface area (TPSA) is 89.6 Å². The molecule has 0 aliphatic heterocycles. The van der Waals surface area contributed by atoms with Crippen LogP contribution in [-0.2, 0) is 4.79 Å². The molecule has 0 fully saturated rings. The zero-order valence-corrected chi connectivity index (χ0v) is 15.0. The smallest absolute Gasteiger partial charge is 0.245 e. The highest BCUT2D eigenvalue weighted by molar-refractivity contribution is 6.30. The fourth-order valence-electron chi connectivity index (χ4n) is 3.14. The minimum absolute atomic E-state index is 0.468. The highest BCUT2D eigenvalue weighted by Gasteiger charge is 2.26. The Bertz CT molecular complexity index is 1060. The molecule has 0 saturated carbocycles. The van der Waals surface area contributed by atoms with Crippen LogP contribution in [-0.4, -0.2) is 25.4 Å². The molecule has 1 aromatic carbocycles. The van der Waals surface area contributed by atoms with Crippen molar-refractivity contribution in [3.05, 3.63) is 84.2 Å². The number of amides is 1. The maximum Gasteiger partial charge on any atom is 0.245 e. The molecule has 7 heteroatoms. The minimum atomic E-state index is -0.687. The number of carbonyl (C=O) groups is 1. The predicted molar refractivity (Wildman–Crippen MR) is 104 cm³/mol. The highest BCUT2D eigenvalue weighted by atomic mass is 35.5. The minimum Gasteiger partial charge on any atom is -0.368 e. The van der Waals surface area contributed by atoms with E-state index in [4.69, 9.17) is 17.3 Å². The third kappa shape index (κ3) is 3.22. The maximum absolute atomic E-state index is 12.3. The van der Waals surface area contributed by atoms with E-state index in [-0.39, 0.29) is 0 Å². The zero-order chi connectivity index (χ0) is 18.8. The van der Waals surface area contributed by atoms with Crippen LogP contribution < -0.4 is 5.73 Å². The van der Waals surface area contributed by atoms with E-state index in [1.807, 2.05) is 42.5 Å². The van der Waals surface area contributed by atoms with E-state index in [0.29, 0.717) is 5.02 Å². The van der Waals surface area contributed by atoms with Crippen LogP contribution in [0.3, 0.4) is 0 Å². The van der Waals surface area contributed by atoms with Crippen LogP contribution in [0.4, 0.5) is 0 Å². The number of hydrogen-bond donors (Lipinski definition) is 2.